The van der Waals surface area contributed by atoms with Crippen molar-refractivity contribution < 1.29 is 14.6 Å². The zero-order valence-corrected chi connectivity index (χ0v) is 9.57. The highest BCUT2D eigenvalue weighted by Crippen LogP contribution is 2.24. The third-order valence-corrected chi connectivity index (χ3v) is 2.54. The Morgan fingerprint density at radius 1 is 1.38 bits per heavy atom. The average molecular weight is 227 g/mol. The first-order chi connectivity index (χ1) is 7.54. The molecule has 1 rings (SSSR count). The Morgan fingerprint density at radius 3 is 2.69 bits per heavy atom. The second kappa shape index (κ2) is 5.82. The van der Waals surface area contributed by atoms with E-state index in [1.54, 1.807) is 0 Å². The summed E-state index contributed by atoms with van der Waals surface area (Å²) in [5, 5.41) is 21.6. The molecule has 2 unspecified atom stereocenters. The first-order valence-corrected chi connectivity index (χ1v) is 5.37. The van der Waals surface area contributed by atoms with Crippen LogP contribution in [0.25, 0.3) is 0 Å². The van der Waals surface area contributed by atoms with Gasteiger partial charge in [-0.1, -0.05) is 6.92 Å². The molecule has 90 valence electrons. The van der Waals surface area contributed by atoms with Crippen molar-refractivity contribution in [3.8, 4) is 5.75 Å². The third kappa shape index (κ3) is 3.47. The summed E-state index contributed by atoms with van der Waals surface area (Å²) in [6, 6.07) is 3.74. The second-order valence-corrected chi connectivity index (χ2v) is 4.12. The number of aliphatic hydroxyl groups is 1. The number of hydrogen-bond acceptors (Lipinski definition) is 3. The molecule has 0 bridgehead atoms. The molecule has 1 aromatic carbocycles. The summed E-state index contributed by atoms with van der Waals surface area (Å²) in [6.45, 7) is 4.48. The molecule has 0 aromatic heterocycles. The highest BCUT2D eigenvalue weighted by molar-refractivity contribution is 5.34. The maximum atomic E-state index is 13.0. The summed E-state index contributed by atoms with van der Waals surface area (Å²) in [6.07, 6.45) is 0. The fourth-order valence-corrected chi connectivity index (χ4v) is 1.42. The van der Waals surface area contributed by atoms with Gasteiger partial charge in [-0.15, -0.1) is 0 Å². The highest BCUT2D eigenvalue weighted by atomic mass is 19.1. The predicted molar refractivity (Wildman–Crippen MR) is 60.7 cm³/mol. The molecule has 0 heterocycles. The average Bonchev–Trinajstić information content (AvgIpc) is 2.28. The van der Waals surface area contributed by atoms with E-state index in [1.807, 2.05) is 13.8 Å². The van der Waals surface area contributed by atoms with Crippen LogP contribution in [-0.2, 0) is 0 Å². The van der Waals surface area contributed by atoms with Gasteiger partial charge in [0.05, 0.1) is 0 Å². The van der Waals surface area contributed by atoms with Gasteiger partial charge in [0.15, 0.2) is 0 Å². The number of aromatic hydroxyl groups is 1. The van der Waals surface area contributed by atoms with Crippen molar-refractivity contribution in [2.75, 3.05) is 13.2 Å². The van der Waals surface area contributed by atoms with E-state index >= 15 is 0 Å². The molecule has 0 saturated carbocycles. The smallest absolute Gasteiger partial charge is 0.123 e. The van der Waals surface area contributed by atoms with E-state index in [1.165, 1.54) is 18.2 Å². The van der Waals surface area contributed by atoms with Gasteiger partial charge in [0.2, 0.25) is 0 Å². The lowest BCUT2D eigenvalue weighted by Gasteiger charge is -2.17. The Labute approximate surface area is 94.9 Å². The molecule has 0 aliphatic heterocycles. The number of aliphatic hydroxyl groups excluding tert-OH is 1. The van der Waals surface area contributed by atoms with Crippen molar-refractivity contribution in [2.45, 2.75) is 19.9 Å². The Kier molecular flexibility index (Phi) is 4.71. The van der Waals surface area contributed by atoms with Crippen LogP contribution in [0, 0.1) is 11.7 Å². The first kappa shape index (κ1) is 12.9. The number of halogens is 1. The zero-order valence-electron chi connectivity index (χ0n) is 9.57. The van der Waals surface area contributed by atoms with Crippen LogP contribution in [0.5, 0.6) is 5.75 Å². The minimum absolute atomic E-state index is 0.0815. The molecule has 0 aliphatic rings. The van der Waals surface area contributed by atoms with Crippen molar-refractivity contribution in [1.82, 2.24) is 5.32 Å². The van der Waals surface area contributed by atoms with Crippen LogP contribution in [-0.4, -0.2) is 23.4 Å². The van der Waals surface area contributed by atoms with E-state index in [0.717, 1.165) is 0 Å². The summed E-state index contributed by atoms with van der Waals surface area (Å²) in [5.74, 6) is -0.145. The Hall–Kier alpha value is -1.13. The maximum Gasteiger partial charge on any atom is 0.123 e. The number of nitrogens with one attached hydrogen (secondary N) is 1. The summed E-state index contributed by atoms with van der Waals surface area (Å²) in [4.78, 5) is 0. The van der Waals surface area contributed by atoms with Crippen LogP contribution in [0.1, 0.15) is 25.5 Å². The maximum absolute atomic E-state index is 13.0. The van der Waals surface area contributed by atoms with Gasteiger partial charge in [0.1, 0.15) is 11.6 Å². The normalized spacial score (nSPS) is 14.8. The standard InChI is InChI=1S/C12H18FNO2/c1-8(7-15)6-14-9(2)11-5-10(13)3-4-12(11)16/h3-5,8-9,14-16H,6-7H2,1-2H3. The van der Waals surface area contributed by atoms with Crippen LogP contribution in [0.2, 0.25) is 0 Å². The minimum Gasteiger partial charge on any atom is -0.508 e. The summed E-state index contributed by atoms with van der Waals surface area (Å²) >= 11 is 0. The van der Waals surface area contributed by atoms with E-state index in [2.05, 4.69) is 5.32 Å². The molecule has 16 heavy (non-hydrogen) atoms. The molecule has 3 N–H and O–H groups in total. The summed E-state index contributed by atoms with van der Waals surface area (Å²) < 4.78 is 13.0. The summed E-state index contributed by atoms with van der Waals surface area (Å²) in [5.41, 5.74) is 0.533. The largest absolute Gasteiger partial charge is 0.508 e. The molecule has 0 saturated heterocycles. The zero-order chi connectivity index (χ0) is 12.1. The molecule has 2 atom stereocenters. The molecule has 4 heteroatoms. The lowest BCUT2D eigenvalue weighted by atomic mass is 10.1. The fraction of sp³-hybridized carbons (Fsp3) is 0.500. The molecular weight excluding hydrogens is 209 g/mol. The Balaban J connectivity index is 2.65. The van der Waals surface area contributed by atoms with Gasteiger partial charge >= 0.3 is 0 Å². The Morgan fingerprint density at radius 2 is 2.06 bits per heavy atom. The van der Waals surface area contributed by atoms with Crippen molar-refractivity contribution in [1.29, 1.82) is 0 Å². The van der Waals surface area contributed by atoms with E-state index in [4.69, 9.17) is 5.11 Å². The van der Waals surface area contributed by atoms with Crippen LogP contribution in [0.15, 0.2) is 18.2 Å². The molecule has 1 aromatic rings. The lowest BCUT2D eigenvalue weighted by Crippen LogP contribution is -2.26. The van der Waals surface area contributed by atoms with Crippen LogP contribution >= 0.6 is 0 Å². The van der Waals surface area contributed by atoms with Crippen molar-refractivity contribution in [3.05, 3.63) is 29.6 Å². The van der Waals surface area contributed by atoms with Crippen molar-refractivity contribution >= 4 is 0 Å². The molecule has 0 radical (unpaired) electrons. The van der Waals surface area contributed by atoms with Crippen LogP contribution in [0.3, 0.4) is 0 Å². The SMILES string of the molecule is CC(CO)CNC(C)c1cc(F)ccc1O. The first-order valence-electron chi connectivity index (χ1n) is 5.37. The molecule has 0 aliphatic carbocycles. The predicted octanol–water partition coefficient (Wildman–Crippen LogP) is 1.81. The highest BCUT2D eigenvalue weighted by Gasteiger charge is 2.11. The third-order valence-electron chi connectivity index (χ3n) is 2.54. The van der Waals surface area contributed by atoms with Crippen molar-refractivity contribution in [3.63, 3.8) is 0 Å². The number of rotatable bonds is 5. The van der Waals surface area contributed by atoms with E-state index < -0.39 is 0 Å². The van der Waals surface area contributed by atoms with Crippen molar-refractivity contribution in [2.24, 2.45) is 5.92 Å². The fourth-order valence-electron chi connectivity index (χ4n) is 1.42. The second-order valence-electron chi connectivity index (χ2n) is 4.12. The van der Waals surface area contributed by atoms with Gasteiger partial charge in [0.25, 0.3) is 0 Å². The summed E-state index contributed by atoms with van der Waals surface area (Å²) in [7, 11) is 0. The van der Waals surface area contributed by atoms with Gasteiger partial charge in [-0.2, -0.15) is 0 Å². The molecule has 0 spiro atoms. The topological polar surface area (TPSA) is 52.5 Å². The van der Waals surface area contributed by atoms with Gasteiger partial charge in [-0.3, -0.25) is 0 Å². The molecule has 0 fully saturated rings. The molecule has 0 amide bonds. The number of phenolic OH excluding ortho intramolecular Hbond substituents is 1. The van der Waals surface area contributed by atoms with E-state index in [0.29, 0.717) is 12.1 Å². The van der Waals surface area contributed by atoms with Gasteiger partial charge in [0, 0.05) is 24.8 Å². The number of phenols is 1. The lowest BCUT2D eigenvalue weighted by molar-refractivity contribution is 0.230. The van der Waals surface area contributed by atoms with E-state index in [9.17, 15) is 9.50 Å². The molecular formula is C12H18FNO2. The number of hydrogen-bond donors (Lipinski definition) is 3. The Bertz CT molecular complexity index is 344. The molecule has 3 nitrogen and oxygen atoms in total. The van der Waals surface area contributed by atoms with Gasteiger partial charge < -0.3 is 15.5 Å². The van der Waals surface area contributed by atoms with Gasteiger partial charge in [-0.05, 0) is 31.0 Å². The van der Waals surface area contributed by atoms with Crippen LogP contribution in [0.4, 0.5) is 4.39 Å². The van der Waals surface area contributed by atoms with E-state index in [-0.39, 0.29) is 30.1 Å². The van der Waals surface area contributed by atoms with Gasteiger partial charge in [-0.25, -0.2) is 4.39 Å². The minimum atomic E-state index is -0.364. The monoisotopic (exact) mass is 227 g/mol. The van der Waals surface area contributed by atoms with Crippen LogP contribution < -0.4 is 5.32 Å². The quantitative estimate of drug-likeness (QED) is 0.719. The number of benzene rings is 1.